The van der Waals surface area contributed by atoms with Crippen LogP contribution in [0.15, 0.2) is 263 Å². The quantitative estimate of drug-likeness (QED) is 0.0811. The van der Waals surface area contributed by atoms with Gasteiger partial charge in [0, 0.05) is 96.1 Å². The fourth-order valence-corrected chi connectivity index (χ4v) is 18.2. The number of carbonyl (C=O) groups is 4. The van der Waals surface area contributed by atoms with Gasteiger partial charge in [0.1, 0.15) is 77.3 Å². The zero-order valence-corrected chi connectivity index (χ0v) is 75.1. The second-order valence-electron chi connectivity index (χ2n) is 32.9. The highest BCUT2D eigenvalue weighted by Crippen LogP contribution is 2.46. The van der Waals surface area contributed by atoms with Crippen molar-refractivity contribution in [3.63, 3.8) is 0 Å². The molecule has 8 atom stereocenters. The minimum absolute atomic E-state index is 0.0106. The zero-order valence-electron chi connectivity index (χ0n) is 75.1. The highest BCUT2D eigenvalue weighted by molar-refractivity contribution is 5.99. The van der Waals surface area contributed by atoms with Crippen LogP contribution >= 0.6 is 0 Å². The molecule has 32 nitrogen and oxygen atoms in total. The molecule has 20 rings (SSSR count). The van der Waals surface area contributed by atoms with Crippen molar-refractivity contribution in [3.05, 3.63) is 399 Å². The van der Waals surface area contributed by atoms with Gasteiger partial charge in [-0.2, -0.15) is 17.6 Å². The van der Waals surface area contributed by atoms with Gasteiger partial charge in [-0.05, 0) is 147 Å². The third-order valence-corrected chi connectivity index (χ3v) is 24.9. The Balaban J connectivity index is 0.000000129. The molecule has 8 bridgehead atoms. The van der Waals surface area contributed by atoms with E-state index in [1.165, 1.54) is 87.4 Å². The third kappa shape index (κ3) is 17.6. The Morgan fingerprint density at radius 3 is 0.686 bits per heavy atom. The molecule has 4 N–H and O–H groups in total. The van der Waals surface area contributed by atoms with E-state index >= 15 is 17.6 Å². The van der Waals surface area contributed by atoms with Gasteiger partial charge >= 0.3 is 0 Å². The number of aromatic nitrogens is 8. The lowest BCUT2D eigenvalue weighted by Crippen LogP contribution is -2.57. The molecule has 40 heteroatoms. The van der Waals surface area contributed by atoms with Crippen LogP contribution in [0.2, 0.25) is 0 Å². The Hall–Kier alpha value is -16.8. The summed E-state index contributed by atoms with van der Waals surface area (Å²) in [6.07, 6.45) is 27.3. The summed E-state index contributed by atoms with van der Waals surface area (Å²) in [4.78, 5) is 127. The van der Waals surface area contributed by atoms with Crippen LogP contribution < -0.4 is 60.7 Å². The van der Waals surface area contributed by atoms with Crippen LogP contribution in [0.4, 0.5) is 35.1 Å². The first-order valence-electron chi connectivity index (χ1n) is 44.5. The summed E-state index contributed by atoms with van der Waals surface area (Å²) in [6, 6.07) is 29.9. The van der Waals surface area contributed by atoms with Crippen LogP contribution in [0, 0.1) is 46.5 Å². The maximum absolute atomic E-state index is 15.0. The first kappa shape index (κ1) is 94.9. The second kappa shape index (κ2) is 40.2. The SMILES string of the molecule is CC[C@@H]1/C=C/COc2c(ccc(F)c2F)[C@@H](c2ccccn2)N2CN1C(=O)c1c(O)c(=O)ccn12.CC[C@@H]1/C=C/COc2c(ccc(F)c2F)[C@H](c2ccccn2)N2CN1C(=O)c1c(O)c(=O)ccn12.CC[C@H]1/C=C/COc2c(ccc(F)c2F)[C@@H](c2ccccn2)N2CN1C(=O)c1c(O)c(=O)ccn12.CC[C@H]1/C=C/COc2c(ccc(F)c2F)[C@H](c2ccccn2)N2CN1C(=O)c1c(O)c(=O)ccn12. The van der Waals surface area contributed by atoms with E-state index in [1.807, 2.05) is 27.7 Å². The largest absolute Gasteiger partial charge is 0.502 e. The topological polar surface area (TPSA) is 352 Å². The Kier molecular flexibility index (Phi) is 27.3. The number of amides is 4. The van der Waals surface area contributed by atoms with Gasteiger partial charge in [-0.3, -0.25) is 97.0 Å². The van der Waals surface area contributed by atoms with Crippen molar-refractivity contribution < 1.29 is 93.7 Å². The van der Waals surface area contributed by atoms with E-state index in [1.54, 1.807) is 166 Å². The number of hydrogen-bond donors (Lipinski definition) is 4. The van der Waals surface area contributed by atoms with Crippen LogP contribution in [0.1, 0.15) is 165 Å². The van der Waals surface area contributed by atoms with Crippen LogP contribution in [-0.4, -0.2) is 180 Å². The molecule has 0 aliphatic carbocycles. The predicted molar refractivity (Wildman–Crippen MR) is 491 cm³/mol. The molecule has 0 fully saturated rings. The van der Waals surface area contributed by atoms with E-state index in [2.05, 4.69) is 19.9 Å². The molecular formula is C100H88F8N16O16. The lowest BCUT2D eigenvalue weighted by Gasteiger charge is -2.45. The molecule has 720 valence electrons. The van der Waals surface area contributed by atoms with Crippen LogP contribution in [-0.2, 0) is 0 Å². The molecule has 0 saturated heterocycles. The molecular weight excluding hydrogens is 1830 g/mol. The summed E-state index contributed by atoms with van der Waals surface area (Å²) in [5.74, 6) is -14.8. The van der Waals surface area contributed by atoms with Crippen molar-refractivity contribution in [2.75, 3.05) is 73.1 Å². The average molecular weight is 1920 g/mol. The van der Waals surface area contributed by atoms with Crippen LogP contribution in [0.5, 0.6) is 46.0 Å². The number of ether oxygens (including phenoxy) is 4. The molecule has 140 heavy (non-hydrogen) atoms. The Morgan fingerprint density at radius 1 is 0.293 bits per heavy atom. The van der Waals surface area contributed by atoms with Gasteiger partial charge in [0.2, 0.25) is 45.0 Å². The third-order valence-electron chi connectivity index (χ3n) is 24.9. The Bertz CT molecular complexity index is 6350. The van der Waals surface area contributed by atoms with Crippen molar-refractivity contribution in [1.82, 2.24) is 58.2 Å². The highest BCUT2D eigenvalue weighted by Gasteiger charge is 2.47. The van der Waals surface area contributed by atoms with Gasteiger partial charge in [-0.15, -0.1) is 0 Å². The van der Waals surface area contributed by atoms with E-state index < -0.39 is 163 Å². The summed E-state index contributed by atoms with van der Waals surface area (Å²) in [5, 5.41) is 49.2. The standard InChI is InChI=1S/4C25H22F2N4O4/c4*1-2-15-6-5-13-35-24-16(8-9-17(26)20(24)27)21(18-7-3-4-11-28-18)31-14-29(15)25(34)22-23(33)19(32)10-12-30(22)31/h4*3-12,15,21,33H,2,13-14H2,1H3/b4*6-5+/t2*15-,21+;2*15-,21-/m1010/s1. The number of nitrogens with zero attached hydrogens (tertiary/aromatic N) is 16. The molecule has 0 saturated carbocycles. The Morgan fingerprint density at radius 2 is 0.500 bits per heavy atom. The molecule has 8 aliphatic rings. The minimum atomic E-state index is -1.14. The number of hydrogen-bond acceptors (Lipinski definition) is 24. The Labute approximate surface area is 791 Å². The number of benzene rings is 4. The fourth-order valence-electron chi connectivity index (χ4n) is 18.2. The van der Waals surface area contributed by atoms with Crippen molar-refractivity contribution in [1.29, 1.82) is 0 Å². The van der Waals surface area contributed by atoms with E-state index in [4.69, 9.17) is 18.9 Å². The lowest BCUT2D eigenvalue weighted by molar-refractivity contribution is 0.0618. The van der Waals surface area contributed by atoms with Crippen molar-refractivity contribution >= 4 is 23.6 Å². The van der Waals surface area contributed by atoms with E-state index in [-0.39, 0.29) is 121 Å². The lowest BCUT2D eigenvalue weighted by atomic mass is 10.00. The summed E-state index contributed by atoms with van der Waals surface area (Å²) in [5.41, 5.74) is -0.786. The van der Waals surface area contributed by atoms with E-state index in [0.717, 1.165) is 48.5 Å². The molecule has 0 unspecified atom stereocenters. The molecule has 16 heterocycles. The predicted octanol–water partition coefficient (Wildman–Crippen LogP) is 12.4. The maximum Gasteiger partial charge on any atom is 0.278 e. The number of rotatable bonds is 8. The van der Waals surface area contributed by atoms with Crippen molar-refractivity contribution in [2.24, 2.45) is 0 Å². The number of fused-ring (bicyclic) bond motifs is 20. The number of aromatic hydroxyl groups is 4. The molecule has 4 amide bonds. The van der Waals surface area contributed by atoms with E-state index in [0.29, 0.717) is 48.5 Å². The average Bonchev–Trinajstić information content (AvgIpc) is 0.958. The molecule has 8 aliphatic heterocycles. The highest BCUT2D eigenvalue weighted by atomic mass is 19.2. The summed E-state index contributed by atoms with van der Waals surface area (Å²) >= 11 is 0. The molecule has 8 aromatic heterocycles. The number of halogens is 8. The van der Waals surface area contributed by atoms with Crippen LogP contribution in [0.25, 0.3) is 0 Å². The zero-order chi connectivity index (χ0) is 98.8. The smallest absolute Gasteiger partial charge is 0.278 e. The first-order valence-corrected chi connectivity index (χ1v) is 44.5. The van der Waals surface area contributed by atoms with E-state index in [9.17, 15) is 76.3 Å². The van der Waals surface area contributed by atoms with Gasteiger partial charge in [0.25, 0.3) is 23.6 Å². The monoisotopic (exact) mass is 1920 g/mol. The van der Waals surface area contributed by atoms with Crippen molar-refractivity contribution in [2.45, 2.75) is 102 Å². The van der Waals surface area contributed by atoms with Crippen molar-refractivity contribution in [3.8, 4) is 46.0 Å². The summed E-state index contributed by atoms with van der Waals surface area (Å²) < 4.78 is 146. The van der Waals surface area contributed by atoms with Gasteiger partial charge in [0.05, 0.1) is 46.9 Å². The number of carbonyl (C=O) groups excluding carboxylic acids is 4. The molecule has 0 radical (unpaired) electrons. The van der Waals surface area contributed by atoms with Crippen LogP contribution in [0.3, 0.4) is 0 Å². The van der Waals surface area contributed by atoms with Gasteiger partial charge in [0.15, 0.2) is 92.0 Å². The minimum Gasteiger partial charge on any atom is -0.502 e. The van der Waals surface area contributed by atoms with Gasteiger partial charge in [-0.1, -0.05) is 76.3 Å². The molecule has 0 spiro atoms. The summed E-state index contributed by atoms with van der Waals surface area (Å²) in [6.45, 7) is 7.36. The molecule has 4 aromatic carbocycles. The molecule has 12 aromatic rings. The fraction of sp³-hybridized carbons (Fsp3) is 0.240. The summed E-state index contributed by atoms with van der Waals surface area (Å²) in [7, 11) is 0. The first-order chi connectivity index (χ1) is 67.7. The second-order valence-corrected chi connectivity index (χ2v) is 32.9. The van der Waals surface area contributed by atoms with Gasteiger partial charge in [-0.25, -0.2) is 17.6 Å². The van der Waals surface area contributed by atoms with Gasteiger partial charge < -0.3 is 59.0 Å². The maximum atomic E-state index is 15.0. The normalized spacial score (nSPS) is 20.4. The number of pyridine rings is 8.